The van der Waals surface area contributed by atoms with Crippen molar-refractivity contribution in [1.82, 2.24) is 10.2 Å². The fourth-order valence-corrected chi connectivity index (χ4v) is 6.74. The fraction of sp³-hybridized carbons (Fsp3) is 0.529. The molecule has 1 unspecified atom stereocenters. The zero-order valence-electron chi connectivity index (χ0n) is 13.7. The first-order chi connectivity index (χ1) is 10.9. The van der Waals surface area contributed by atoms with E-state index in [1.807, 2.05) is 12.1 Å². The van der Waals surface area contributed by atoms with Gasteiger partial charge < -0.3 is 10.4 Å². The van der Waals surface area contributed by atoms with Crippen molar-refractivity contribution in [3.05, 3.63) is 35.4 Å². The molecule has 1 aliphatic heterocycles. The van der Waals surface area contributed by atoms with Gasteiger partial charge in [-0.25, -0.2) is 4.79 Å². The molecule has 5 nitrogen and oxygen atoms in total. The summed E-state index contributed by atoms with van der Waals surface area (Å²) in [6.45, 7) is 4.29. The van der Waals surface area contributed by atoms with Crippen LogP contribution in [0.5, 0.6) is 0 Å². The lowest BCUT2D eigenvalue weighted by Gasteiger charge is -2.29. The van der Waals surface area contributed by atoms with Crippen molar-refractivity contribution in [2.75, 3.05) is 6.17 Å². The molecule has 2 atom stereocenters. The van der Waals surface area contributed by atoms with Crippen LogP contribution in [-0.4, -0.2) is 42.3 Å². The van der Waals surface area contributed by atoms with Gasteiger partial charge in [-0.2, -0.15) is 0 Å². The van der Waals surface area contributed by atoms with Crippen molar-refractivity contribution >= 4 is 20.1 Å². The number of hydrogen-bond donors (Lipinski definition) is 2. The molecular weight excluding hydrogens is 308 g/mol. The highest BCUT2D eigenvalue weighted by Gasteiger charge is 2.45. The van der Waals surface area contributed by atoms with Gasteiger partial charge in [0.05, 0.1) is 14.1 Å². The van der Waals surface area contributed by atoms with Crippen LogP contribution >= 0.6 is 0 Å². The summed E-state index contributed by atoms with van der Waals surface area (Å²) in [6, 6.07) is 8.40. The van der Waals surface area contributed by atoms with Crippen molar-refractivity contribution in [2.45, 2.75) is 50.5 Å². The molecular formula is C17H24N2O3Si. The van der Waals surface area contributed by atoms with E-state index in [9.17, 15) is 14.7 Å². The summed E-state index contributed by atoms with van der Waals surface area (Å²) in [5.74, 6) is -0.132. The van der Waals surface area contributed by atoms with Gasteiger partial charge in [0.2, 0.25) is 5.91 Å². The summed E-state index contributed by atoms with van der Waals surface area (Å²) in [4.78, 5) is 25.5. The van der Waals surface area contributed by atoms with Crippen LogP contribution < -0.4 is 5.32 Å². The van der Waals surface area contributed by atoms with E-state index in [4.69, 9.17) is 0 Å². The molecule has 1 aromatic rings. The summed E-state index contributed by atoms with van der Waals surface area (Å²) in [5.41, 5.74) is 2.48. The van der Waals surface area contributed by atoms with Gasteiger partial charge in [0, 0.05) is 6.17 Å². The predicted molar refractivity (Wildman–Crippen MR) is 91.1 cm³/mol. The van der Waals surface area contributed by atoms with Crippen molar-refractivity contribution in [2.24, 2.45) is 0 Å². The average Bonchev–Trinajstić information content (AvgIpc) is 2.84. The lowest BCUT2D eigenvalue weighted by molar-refractivity contribution is -0.125. The van der Waals surface area contributed by atoms with E-state index in [2.05, 4.69) is 30.5 Å². The van der Waals surface area contributed by atoms with Gasteiger partial charge in [-0.05, 0) is 36.4 Å². The van der Waals surface area contributed by atoms with E-state index < -0.39 is 20.2 Å². The van der Waals surface area contributed by atoms with Gasteiger partial charge in [0.1, 0.15) is 6.04 Å². The Hall–Kier alpha value is -1.82. The maximum absolute atomic E-state index is 12.7. The molecule has 0 bridgehead atoms. The molecule has 0 aromatic heterocycles. The molecule has 0 spiro atoms. The minimum atomic E-state index is -1.65. The van der Waals surface area contributed by atoms with Gasteiger partial charge >= 0.3 is 6.09 Å². The molecule has 2 N–H and O–H groups in total. The second-order valence-electron chi connectivity index (χ2n) is 7.45. The van der Waals surface area contributed by atoms with Crippen LogP contribution in [0.25, 0.3) is 0 Å². The van der Waals surface area contributed by atoms with Crippen LogP contribution in [0.2, 0.25) is 19.1 Å². The molecule has 3 rings (SSSR count). The minimum absolute atomic E-state index is 0.00785. The smallest absolute Gasteiger partial charge is 0.407 e. The van der Waals surface area contributed by atoms with E-state index in [0.717, 1.165) is 19.3 Å². The van der Waals surface area contributed by atoms with Crippen molar-refractivity contribution in [3.63, 3.8) is 0 Å². The highest BCUT2D eigenvalue weighted by Crippen LogP contribution is 2.31. The summed E-state index contributed by atoms with van der Waals surface area (Å²) in [6.07, 6.45) is 2.58. The van der Waals surface area contributed by atoms with Crippen LogP contribution in [0.15, 0.2) is 24.3 Å². The molecule has 1 fully saturated rings. The SMILES string of the molecule is C[Si]1(C)CC(C(=O)N[C@@H]2CCCc3ccccc32)N(C(=O)O)C1. The Balaban J connectivity index is 1.76. The summed E-state index contributed by atoms with van der Waals surface area (Å²) in [5, 5.41) is 12.5. The van der Waals surface area contributed by atoms with Gasteiger partial charge in [-0.15, -0.1) is 0 Å². The number of carbonyl (C=O) groups is 2. The molecule has 6 heteroatoms. The van der Waals surface area contributed by atoms with E-state index >= 15 is 0 Å². The van der Waals surface area contributed by atoms with E-state index in [-0.39, 0.29) is 11.9 Å². The second kappa shape index (κ2) is 6.00. The quantitative estimate of drug-likeness (QED) is 0.818. The Morgan fingerprint density at radius 1 is 1.30 bits per heavy atom. The van der Waals surface area contributed by atoms with Crippen molar-refractivity contribution < 1.29 is 14.7 Å². The Morgan fingerprint density at radius 2 is 2.04 bits per heavy atom. The first-order valence-electron chi connectivity index (χ1n) is 8.25. The lowest BCUT2D eigenvalue weighted by Crippen LogP contribution is -2.46. The number of amides is 2. The Labute approximate surface area is 137 Å². The molecule has 23 heavy (non-hydrogen) atoms. The molecule has 2 amide bonds. The molecule has 1 heterocycles. The molecule has 1 aromatic carbocycles. The van der Waals surface area contributed by atoms with Crippen LogP contribution in [0.1, 0.15) is 30.0 Å². The van der Waals surface area contributed by atoms with Gasteiger partial charge in [0.25, 0.3) is 0 Å². The van der Waals surface area contributed by atoms with Gasteiger partial charge in [-0.3, -0.25) is 9.69 Å². The maximum Gasteiger partial charge on any atom is 0.407 e. The Kier molecular flexibility index (Phi) is 4.18. The van der Waals surface area contributed by atoms with Gasteiger partial charge in [-0.1, -0.05) is 37.4 Å². The number of hydrogen-bond acceptors (Lipinski definition) is 2. The van der Waals surface area contributed by atoms with Crippen LogP contribution in [0.4, 0.5) is 4.79 Å². The maximum atomic E-state index is 12.7. The van der Waals surface area contributed by atoms with Crippen LogP contribution in [0, 0.1) is 0 Å². The molecule has 1 saturated heterocycles. The normalized spacial score (nSPS) is 25.7. The number of nitrogens with zero attached hydrogens (tertiary/aromatic N) is 1. The standard InChI is InChI=1S/C17H24N2O3Si/c1-23(2)10-15(19(11-23)17(21)22)16(20)18-14-9-5-7-12-6-3-4-8-13(12)14/h3-4,6,8,14-15H,5,7,9-11H2,1-2H3,(H,18,20)(H,21,22)/t14-,15?/m1/s1. The summed E-state index contributed by atoms with van der Waals surface area (Å²) in [7, 11) is -1.65. The predicted octanol–water partition coefficient (Wildman–Crippen LogP) is 2.79. The topological polar surface area (TPSA) is 69.6 Å². The molecule has 0 saturated carbocycles. The number of carboxylic acid groups (broad SMARTS) is 1. The molecule has 2 aliphatic rings. The van der Waals surface area contributed by atoms with Crippen LogP contribution in [-0.2, 0) is 11.2 Å². The Morgan fingerprint density at radius 3 is 2.78 bits per heavy atom. The number of rotatable bonds is 2. The third-order valence-electron chi connectivity index (χ3n) is 4.95. The van der Waals surface area contributed by atoms with E-state index in [0.29, 0.717) is 12.2 Å². The van der Waals surface area contributed by atoms with Crippen LogP contribution in [0.3, 0.4) is 0 Å². The Bertz CT molecular complexity index is 632. The number of aryl methyl sites for hydroxylation is 1. The van der Waals surface area contributed by atoms with Crippen molar-refractivity contribution in [3.8, 4) is 0 Å². The van der Waals surface area contributed by atoms with E-state index in [1.54, 1.807) is 0 Å². The lowest BCUT2D eigenvalue weighted by atomic mass is 9.87. The highest BCUT2D eigenvalue weighted by molar-refractivity contribution is 6.79. The number of nitrogens with one attached hydrogen (secondary N) is 1. The second-order valence-corrected chi connectivity index (χ2v) is 12.5. The van der Waals surface area contributed by atoms with Crippen molar-refractivity contribution in [1.29, 1.82) is 0 Å². The molecule has 1 aliphatic carbocycles. The zero-order valence-corrected chi connectivity index (χ0v) is 14.7. The first-order valence-corrected chi connectivity index (χ1v) is 11.7. The molecule has 0 radical (unpaired) electrons. The zero-order chi connectivity index (χ0) is 16.6. The minimum Gasteiger partial charge on any atom is -0.465 e. The number of fused-ring (bicyclic) bond motifs is 1. The largest absolute Gasteiger partial charge is 0.465 e. The highest BCUT2D eigenvalue weighted by atomic mass is 28.3. The third kappa shape index (κ3) is 3.27. The number of benzene rings is 1. The summed E-state index contributed by atoms with van der Waals surface area (Å²) < 4.78 is 0. The molecule has 124 valence electrons. The van der Waals surface area contributed by atoms with Gasteiger partial charge in [0.15, 0.2) is 0 Å². The van der Waals surface area contributed by atoms with E-state index in [1.165, 1.54) is 16.0 Å². The number of carbonyl (C=O) groups excluding carboxylic acids is 1. The fourth-order valence-electron chi connectivity index (χ4n) is 3.88. The average molecular weight is 332 g/mol. The third-order valence-corrected chi connectivity index (χ3v) is 7.64. The summed E-state index contributed by atoms with van der Waals surface area (Å²) >= 11 is 0. The first kappa shape index (κ1) is 16.0. The monoisotopic (exact) mass is 332 g/mol.